The minimum atomic E-state index is -0.0428. The Labute approximate surface area is 111 Å². The lowest BCUT2D eigenvalue weighted by molar-refractivity contribution is 0.0119. The van der Waals surface area contributed by atoms with Crippen molar-refractivity contribution in [3.8, 4) is 0 Å². The third-order valence-electron chi connectivity index (χ3n) is 2.90. The summed E-state index contributed by atoms with van der Waals surface area (Å²) in [6, 6.07) is 2.51. The molecule has 0 saturated heterocycles. The van der Waals surface area contributed by atoms with Crippen LogP contribution in [0.5, 0.6) is 0 Å². The van der Waals surface area contributed by atoms with Crippen molar-refractivity contribution in [2.75, 3.05) is 14.2 Å². The molecule has 0 amide bonds. The van der Waals surface area contributed by atoms with Gasteiger partial charge in [0.05, 0.1) is 5.60 Å². The first-order valence-corrected chi connectivity index (χ1v) is 7.12. The Morgan fingerprint density at radius 2 is 2.25 bits per heavy atom. The molecular formula is C12H20BrNOS. The van der Waals surface area contributed by atoms with E-state index in [2.05, 4.69) is 46.5 Å². The van der Waals surface area contributed by atoms with E-state index in [0.717, 1.165) is 12.8 Å². The van der Waals surface area contributed by atoms with E-state index in [4.69, 9.17) is 4.74 Å². The van der Waals surface area contributed by atoms with Crippen molar-refractivity contribution < 1.29 is 4.74 Å². The third-order valence-corrected chi connectivity index (χ3v) is 4.88. The van der Waals surface area contributed by atoms with Gasteiger partial charge in [0.1, 0.15) is 0 Å². The number of halogens is 1. The zero-order valence-corrected chi connectivity index (χ0v) is 12.7. The van der Waals surface area contributed by atoms with Crippen LogP contribution in [0.15, 0.2) is 15.9 Å². The van der Waals surface area contributed by atoms with Crippen molar-refractivity contribution >= 4 is 27.3 Å². The summed E-state index contributed by atoms with van der Waals surface area (Å²) in [5, 5.41) is 5.48. The predicted octanol–water partition coefficient (Wildman–Crippen LogP) is 3.98. The van der Waals surface area contributed by atoms with E-state index in [0.29, 0.717) is 6.04 Å². The van der Waals surface area contributed by atoms with E-state index in [1.807, 2.05) is 7.05 Å². The van der Waals surface area contributed by atoms with Gasteiger partial charge in [0, 0.05) is 22.5 Å². The second kappa shape index (κ2) is 6.15. The van der Waals surface area contributed by atoms with E-state index in [9.17, 15) is 0 Å². The Morgan fingerprint density at radius 3 is 2.69 bits per heavy atom. The molecule has 0 aliphatic carbocycles. The van der Waals surface area contributed by atoms with Gasteiger partial charge in [-0.15, -0.1) is 11.3 Å². The predicted molar refractivity (Wildman–Crippen MR) is 74.1 cm³/mol. The standard InChI is InChI=1S/C12H20BrNOS/c1-12(2,15-4)7-5-10(14-3)11-9(13)6-8-16-11/h6,8,10,14H,5,7H2,1-4H3. The second-order valence-corrected chi connectivity index (χ2v) is 6.28. The Balaban J connectivity index is 2.60. The van der Waals surface area contributed by atoms with Gasteiger partial charge in [-0.05, 0) is 61.1 Å². The van der Waals surface area contributed by atoms with Crippen LogP contribution in [0.25, 0.3) is 0 Å². The third kappa shape index (κ3) is 3.84. The monoisotopic (exact) mass is 305 g/mol. The van der Waals surface area contributed by atoms with Crippen molar-refractivity contribution in [3.05, 3.63) is 20.8 Å². The molecule has 0 saturated carbocycles. The van der Waals surface area contributed by atoms with Crippen molar-refractivity contribution in [2.24, 2.45) is 0 Å². The quantitative estimate of drug-likeness (QED) is 0.858. The Bertz CT molecular complexity index is 325. The lowest BCUT2D eigenvalue weighted by atomic mass is 9.98. The first-order valence-electron chi connectivity index (χ1n) is 5.45. The number of hydrogen-bond acceptors (Lipinski definition) is 3. The van der Waals surface area contributed by atoms with Crippen LogP contribution < -0.4 is 5.32 Å². The van der Waals surface area contributed by atoms with Crippen LogP contribution in [-0.4, -0.2) is 19.8 Å². The van der Waals surface area contributed by atoms with Crippen molar-refractivity contribution in [3.63, 3.8) is 0 Å². The molecule has 4 heteroatoms. The van der Waals surface area contributed by atoms with Gasteiger partial charge in [-0.1, -0.05) is 0 Å². The topological polar surface area (TPSA) is 21.3 Å². The van der Waals surface area contributed by atoms with Crippen LogP contribution in [-0.2, 0) is 4.74 Å². The molecule has 0 aliphatic heterocycles. The normalized spacial score (nSPS) is 14.1. The summed E-state index contributed by atoms with van der Waals surface area (Å²) in [6.45, 7) is 4.26. The van der Waals surface area contributed by atoms with Crippen LogP contribution in [0.2, 0.25) is 0 Å². The molecule has 0 spiro atoms. The molecule has 1 atom stereocenters. The zero-order chi connectivity index (χ0) is 12.2. The molecule has 16 heavy (non-hydrogen) atoms. The van der Waals surface area contributed by atoms with E-state index in [1.165, 1.54) is 9.35 Å². The molecule has 0 aliphatic rings. The summed E-state index contributed by atoms with van der Waals surface area (Å²) in [5.41, 5.74) is -0.0428. The fraction of sp³-hybridized carbons (Fsp3) is 0.667. The van der Waals surface area contributed by atoms with Crippen LogP contribution in [0.1, 0.15) is 37.6 Å². The SMILES string of the molecule is CNC(CCC(C)(C)OC)c1sccc1Br. The molecular weight excluding hydrogens is 286 g/mol. The molecule has 0 fully saturated rings. The number of hydrogen-bond donors (Lipinski definition) is 1. The number of methoxy groups -OCH3 is 1. The largest absolute Gasteiger partial charge is 0.379 e. The Hall–Kier alpha value is 0.100. The molecule has 1 N–H and O–H groups in total. The van der Waals surface area contributed by atoms with E-state index in [1.54, 1.807) is 18.4 Å². The summed E-state index contributed by atoms with van der Waals surface area (Å²) in [6.07, 6.45) is 2.12. The lowest BCUT2D eigenvalue weighted by Crippen LogP contribution is -2.25. The lowest BCUT2D eigenvalue weighted by Gasteiger charge is -2.25. The Kier molecular flexibility index (Phi) is 5.44. The number of rotatable bonds is 6. The van der Waals surface area contributed by atoms with E-state index < -0.39 is 0 Å². The van der Waals surface area contributed by atoms with Gasteiger partial charge >= 0.3 is 0 Å². The fourth-order valence-corrected chi connectivity index (χ4v) is 3.35. The summed E-state index contributed by atoms with van der Waals surface area (Å²) in [5.74, 6) is 0. The summed E-state index contributed by atoms with van der Waals surface area (Å²) in [4.78, 5) is 1.37. The van der Waals surface area contributed by atoms with Gasteiger partial charge in [0.15, 0.2) is 0 Å². The summed E-state index contributed by atoms with van der Waals surface area (Å²) in [7, 11) is 3.78. The van der Waals surface area contributed by atoms with Crippen LogP contribution >= 0.6 is 27.3 Å². The van der Waals surface area contributed by atoms with Gasteiger partial charge in [0.25, 0.3) is 0 Å². The highest BCUT2D eigenvalue weighted by molar-refractivity contribution is 9.10. The van der Waals surface area contributed by atoms with E-state index in [-0.39, 0.29) is 5.60 Å². The maximum atomic E-state index is 5.44. The first kappa shape index (κ1) is 14.2. The minimum Gasteiger partial charge on any atom is -0.379 e. The van der Waals surface area contributed by atoms with Gasteiger partial charge in [0.2, 0.25) is 0 Å². The maximum absolute atomic E-state index is 5.44. The molecule has 1 rings (SSSR count). The number of thiophene rings is 1. The second-order valence-electron chi connectivity index (χ2n) is 4.48. The smallest absolute Gasteiger partial charge is 0.0623 e. The van der Waals surface area contributed by atoms with Gasteiger partial charge in [-0.3, -0.25) is 0 Å². The van der Waals surface area contributed by atoms with Crippen LogP contribution in [0.3, 0.4) is 0 Å². The molecule has 1 heterocycles. The Morgan fingerprint density at radius 1 is 1.56 bits per heavy atom. The van der Waals surface area contributed by atoms with Gasteiger partial charge < -0.3 is 10.1 Å². The van der Waals surface area contributed by atoms with Crippen molar-refractivity contribution in [2.45, 2.75) is 38.3 Å². The van der Waals surface area contributed by atoms with E-state index >= 15 is 0 Å². The van der Waals surface area contributed by atoms with Gasteiger partial charge in [-0.2, -0.15) is 0 Å². The maximum Gasteiger partial charge on any atom is 0.0623 e. The average molecular weight is 306 g/mol. The number of ether oxygens (including phenoxy) is 1. The molecule has 0 radical (unpaired) electrons. The molecule has 1 aromatic heterocycles. The summed E-state index contributed by atoms with van der Waals surface area (Å²) < 4.78 is 6.65. The minimum absolute atomic E-state index is 0.0428. The highest BCUT2D eigenvalue weighted by Crippen LogP contribution is 2.32. The van der Waals surface area contributed by atoms with Crippen LogP contribution in [0, 0.1) is 0 Å². The average Bonchev–Trinajstić information content (AvgIpc) is 2.66. The fourth-order valence-electron chi connectivity index (χ4n) is 1.55. The number of nitrogens with one attached hydrogen (secondary N) is 1. The van der Waals surface area contributed by atoms with Gasteiger partial charge in [-0.25, -0.2) is 0 Å². The molecule has 1 aromatic rings. The molecule has 1 unspecified atom stereocenters. The summed E-state index contributed by atoms with van der Waals surface area (Å²) >= 11 is 5.37. The van der Waals surface area contributed by atoms with Crippen molar-refractivity contribution in [1.29, 1.82) is 0 Å². The molecule has 2 nitrogen and oxygen atoms in total. The molecule has 0 bridgehead atoms. The first-order chi connectivity index (χ1) is 7.50. The highest BCUT2D eigenvalue weighted by Gasteiger charge is 2.21. The molecule has 0 aromatic carbocycles. The van der Waals surface area contributed by atoms with Crippen molar-refractivity contribution in [1.82, 2.24) is 5.32 Å². The highest BCUT2D eigenvalue weighted by atomic mass is 79.9. The molecule has 92 valence electrons. The van der Waals surface area contributed by atoms with Crippen LogP contribution in [0.4, 0.5) is 0 Å². The zero-order valence-electron chi connectivity index (χ0n) is 10.3.